The van der Waals surface area contributed by atoms with E-state index in [4.69, 9.17) is 10.00 Å². The molecule has 0 aliphatic carbocycles. The van der Waals surface area contributed by atoms with Gasteiger partial charge in [-0.15, -0.1) is 6.58 Å². The van der Waals surface area contributed by atoms with Gasteiger partial charge in [-0.2, -0.15) is 5.26 Å². The Morgan fingerprint density at radius 3 is 2.67 bits per heavy atom. The van der Waals surface area contributed by atoms with Crippen molar-refractivity contribution in [3.05, 3.63) is 12.7 Å². The van der Waals surface area contributed by atoms with Crippen LogP contribution < -0.4 is 0 Å². The molecule has 0 saturated heterocycles. The van der Waals surface area contributed by atoms with Crippen LogP contribution in [0.5, 0.6) is 0 Å². The molecular weight excluding hydrogens is 150 g/mol. The fourth-order valence-electron chi connectivity index (χ4n) is 0.840. The van der Waals surface area contributed by atoms with Gasteiger partial charge in [0.05, 0.1) is 6.07 Å². The Bertz CT molecular complexity index is 137. The first-order valence-electron chi connectivity index (χ1n) is 4.47. The molecule has 0 aliphatic heterocycles. The summed E-state index contributed by atoms with van der Waals surface area (Å²) in [5.41, 5.74) is 0. The van der Waals surface area contributed by atoms with Crippen LogP contribution in [0.1, 0.15) is 32.1 Å². The molecule has 0 rings (SSSR count). The number of hydrogen-bond donors (Lipinski definition) is 0. The van der Waals surface area contributed by atoms with Gasteiger partial charge in [-0.3, -0.25) is 0 Å². The first kappa shape index (κ1) is 11.2. The molecule has 0 aliphatic rings. The Kier molecular flexibility index (Phi) is 9.50. The summed E-state index contributed by atoms with van der Waals surface area (Å²) >= 11 is 0. The Morgan fingerprint density at radius 1 is 1.25 bits per heavy atom. The molecule has 0 spiro atoms. The number of nitriles is 1. The maximum atomic E-state index is 8.24. The van der Waals surface area contributed by atoms with Crippen molar-refractivity contribution in [1.82, 2.24) is 0 Å². The van der Waals surface area contributed by atoms with Gasteiger partial charge in [0.1, 0.15) is 0 Å². The first-order valence-corrected chi connectivity index (χ1v) is 4.47. The number of hydrogen-bond acceptors (Lipinski definition) is 2. The van der Waals surface area contributed by atoms with E-state index in [1.807, 2.05) is 6.08 Å². The second-order valence-electron chi connectivity index (χ2n) is 2.66. The maximum absolute atomic E-state index is 8.24. The summed E-state index contributed by atoms with van der Waals surface area (Å²) in [5.74, 6) is 0. The van der Waals surface area contributed by atoms with Crippen molar-refractivity contribution in [1.29, 1.82) is 5.26 Å². The Morgan fingerprint density at radius 2 is 2.00 bits per heavy atom. The van der Waals surface area contributed by atoms with Gasteiger partial charge in [0.2, 0.25) is 0 Å². The van der Waals surface area contributed by atoms with E-state index in [0.717, 1.165) is 38.9 Å². The first-order chi connectivity index (χ1) is 5.91. The summed E-state index contributed by atoms with van der Waals surface area (Å²) in [5, 5.41) is 8.24. The molecule has 2 nitrogen and oxygen atoms in total. The minimum Gasteiger partial charge on any atom is -0.381 e. The summed E-state index contributed by atoms with van der Waals surface area (Å²) in [4.78, 5) is 0. The van der Waals surface area contributed by atoms with Gasteiger partial charge < -0.3 is 4.74 Å². The highest BCUT2D eigenvalue weighted by molar-refractivity contribution is 4.67. The predicted octanol–water partition coefficient (Wildman–Crippen LogP) is 2.66. The molecule has 0 saturated carbocycles. The summed E-state index contributed by atoms with van der Waals surface area (Å²) in [6, 6.07) is 2.11. The van der Waals surface area contributed by atoms with E-state index in [0.29, 0.717) is 6.42 Å². The van der Waals surface area contributed by atoms with Crippen molar-refractivity contribution < 1.29 is 4.74 Å². The molecule has 0 aromatic heterocycles. The smallest absolute Gasteiger partial charge is 0.0621 e. The third-order valence-corrected chi connectivity index (χ3v) is 1.52. The number of rotatable bonds is 8. The maximum Gasteiger partial charge on any atom is 0.0621 e. The quantitative estimate of drug-likeness (QED) is 0.411. The second-order valence-corrected chi connectivity index (χ2v) is 2.66. The molecule has 0 radical (unpaired) electrons. The molecule has 0 amide bonds. The van der Waals surface area contributed by atoms with Crippen LogP contribution in [0, 0.1) is 11.3 Å². The van der Waals surface area contributed by atoms with Gasteiger partial charge >= 0.3 is 0 Å². The van der Waals surface area contributed by atoms with Crippen molar-refractivity contribution in [2.24, 2.45) is 0 Å². The normalized spacial score (nSPS) is 9.25. The van der Waals surface area contributed by atoms with Crippen molar-refractivity contribution in [2.75, 3.05) is 13.2 Å². The van der Waals surface area contributed by atoms with E-state index in [9.17, 15) is 0 Å². The van der Waals surface area contributed by atoms with Crippen molar-refractivity contribution in [2.45, 2.75) is 32.1 Å². The zero-order valence-electron chi connectivity index (χ0n) is 7.59. The minimum absolute atomic E-state index is 0.649. The average Bonchev–Trinajstić information content (AvgIpc) is 2.10. The topological polar surface area (TPSA) is 33.0 Å². The standard InChI is InChI=1S/C10H17NO/c1-2-3-6-9-12-10-7-4-5-8-11/h2H,1,3-7,9-10H2. The van der Waals surface area contributed by atoms with E-state index in [1.165, 1.54) is 0 Å². The molecule has 0 fully saturated rings. The number of nitrogens with zero attached hydrogens (tertiary/aromatic N) is 1. The Balaban J connectivity index is 2.82. The van der Waals surface area contributed by atoms with Crippen LogP contribution in [-0.4, -0.2) is 13.2 Å². The van der Waals surface area contributed by atoms with Gasteiger partial charge in [-0.1, -0.05) is 6.08 Å². The van der Waals surface area contributed by atoms with E-state index >= 15 is 0 Å². The number of unbranched alkanes of at least 4 members (excludes halogenated alkanes) is 3. The van der Waals surface area contributed by atoms with Crippen molar-refractivity contribution >= 4 is 0 Å². The molecule has 68 valence electrons. The molecule has 0 aromatic rings. The fraction of sp³-hybridized carbons (Fsp3) is 0.700. The average molecular weight is 167 g/mol. The summed E-state index contributed by atoms with van der Waals surface area (Å²) in [6.07, 6.45) is 6.59. The SMILES string of the molecule is C=CCCCOCCCCC#N. The lowest BCUT2D eigenvalue weighted by molar-refractivity contribution is 0.129. The van der Waals surface area contributed by atoms with Gasteiger partial charge in [0, 0.05) is 19.6 Å². The van der Waals surface area contributed by atoms with E-state index < -0.39 is 0 Å². The summed E-state index contributed by atoms with van der Waals surface area (Å²) < 4.78 is 5.33. The Labute approximate surface area is 74.8 Å². The molecule has 0 heterocycles. The molecule has 12 heavy (non-hydrogen) atoms. The third-order valence-electron chi connectivity index (χ3n) is 1.52. The summed E-state index contributed by atoms with van der Waals surface area (Å²) in [7, 11) is 0. The molecule has 0 N–H and O–H groups in total. The Hall–Kier alpha value is -0.810. The molecule has 0 aromatic carbocycles. The molecule has 0 atom stereocenters. The van der Waals surface area contributed by atoms with Gasteiger partial charge in [-0.05, 0) is 25.7 Å². The van der Waals surface area contributed by atoms with Crippen LogP contribution in [0.3, 0.4) is 0 Å². The van der Waals surface area contributed by atoms with Gasteiger partial charge in [0.25, 0.3) is 0 Å². The lowest BCUT2D eigenvalue weighted by Crippen LogP contribution is -1.96. The second kappa shape index (κ2) is 10.2. The minimum atomic E-state index is 0.649. The highest BCUT2D eigenvalue weighted by Crippen LogP contribution is 1.96. The van der Waals surface area contributed by atoms with E-state index in [1.54, 1.807) is 0 Å². The highest BCUT2D eigenvalue weighted by Gasteiger charge is 1.88. The highest BCUT2D eigenvalue weighted by atomic mass is 16.5. The summed E-state index contributed by atoms with van der Waals surface area (Å²) in [6.45, 7) is 5.24. The van der Waals surface area contributed by atoms with Crippen LogP contribution in [0.25, 0.3) is 0 Å². The van der Waals surface area contributed by atoms with Crippen molar-refractivity contribution in [3.63, 3.8) is 0 Å². The van der Waals surface area contributed by atoms with Crippen molar-refractivity contribution in [3.8, 4) is 6.07 Å². The van der Waals surface area contributed by atoms with Gasteiger partial charge in [-0.25, -0.2) is 0 Å². The van der Waals surface area contributed by atoms with E-state index in [2.05, 4.69) is 12.6 Å². The molecule has 2 heteroatoms. The molecule has 0 unspecified atom stereocenters. The van der Waals surface area contributed by atoms with Crippen LogP contribution in [0.4, 0.5) is 0 Å². The number of ether oxygens (including phenoxy) is 1. The van der Waals surface area contributed by atoms with Crippen LogP contribution in [0.15, 0.2) is 12.7 Å². The lowest BCUT2D eigenvalue weighted by Gasteiger charge is -2.00. The van der Waals surface area contributed by atoms with Gasteiger partial charge in [0.15, 0.2) is 0 Å². The van der Waals surface area contributed by atoms with Crippen LogP contribution in [-0.2, 0) is 4.74 Å². The number of allylic oxidation sites excluding steroid dienone is 1. The molecule has 0 bridgehead atoms. The fourth-order valence-corrected chi connectivity index (χ4v) is 0.840. The molecular formula is C10H17NO. The van der Waals surface area contributed by atoms with E-state index in [-0.39, 0.29) is 0 Å². The zero-order chi connectivity index (χ0) is 9.07. The van der Waals surface area contributed by atoms with Crippen LogP contribution in [0.2, 0.25) is 0 Å². The largest absolute Gasteiger partial charge is 0.381 e. The third kappa shape index (κ3) is 9.19. The monoisotopic (exact) mass is 167 g/mol. The predicted molar refractivity (Wildman–Crippen MR) is 49.7 cm³/mol. The zero-order valence-corrected chi connectivity index (χ0v) is 7.59. The lowest BCUT2D eigenvalue weighted by atomic mass is 10.2. The van der Waals surface area contributed by atoms with Crippen LogP contribution >= 0.6 is 0 Å².